The molecule has 0 spiro atoms. The van der Waals surface area contributed by atoms with Gasteiger partial charge in [-0.15, -0.1) is 0 Å². The fourth-order valence-electron chi connectivity index (χ4n) is 2.74. The molecule has 0 radical (unpaired) electrons. The van der Waals surface area contributed by atoms with Crippen LogP contribution in [0.1, 0.15) is 24.2 Å². The van der Waals surface area contributed by atoms with E-state index >= 15 is 0 Å². The number of Topliss-reactive ketones (excluding diaryl/α,β-unsaturated/α-hetero) is 1. The summed E-state index contributed by atoms with van der Waals surface area (Å²) in [5.41, 5.74) is 1.86. The van der Waals surface area contributed by atoms with Crippen molar-refractivity contribution in [3.63, 3.8) is 0 Å². The number of nitrogens with one attached hydrogen (secondary N) is 1. The summed E-state index contributed by atoms with van der Waals surface area (Å²) in [7, 11) is 0. The van der Waals surface area contributed by atoms with Gasteiger partial charge in [0.2, 0.25) is 0 Å². The average Bonchev–Trinajstić information content (AvgIpc) is 2.65. The molecule has 132 valence electrons. The number of para-hydroxylation sites is 1. The molecule has 5 nitrogen and oxygen atoms in total. The summed E-state index contributed by atoms with van der Waals surface area (Å²) in [5, 5.41) is 7.93. The van der Waals surface area contributed by atoms with Crippen LogP contribution in [-0.2, 0) is 6.54 Å². The number of nitrogens with zero attached hydrogens (tertiary/aromatic N) is 2. The summed E-state index contributed by atoms with van der Waals surface area (Å²) in [4.78, 5) is 25.3. The smallest absolute Gasteiger partial charge is 0.291 e. The van der Waals surface area contributed by atoms with Crippen LogP contribution >= 0.6 is 11.6 Å². The molecule has 2 aromatic carbocycles. The molecule has 0 saturated carbocycles. The van der Waals surface area contributed by atoms with Crippen molar-refractivity contribution < 1.29 is 4.79 Å². The largest absolute Gasteiger partial charge is 0.349 e. The third-order valence-electron chi connectivity index (χ3n) is 3.99. The molecule has 0 bridgehead atoms. The number of benzene rings is 2. The molecule has 26 heavy (non-hydrogen) atoms. The van der Waals surface area contributed by atoms with Crippen LogP contribution in [0, 0.1) is 0 Å². The van der Waals surface area contributed by atoms with Gasteiger partial charge < -0.3 is 5.32 Å². The van der Waals surface area contributed by atoms with Crippen LogP contribution < -0.4 is 10.9 Å². The number of rotatable bonds is 5. The molecule has 3 aromatic rings. The van der Waals surface area contributed by atoms with Gasteiger partial charge in [-0.3, -0.25) is 9.59 Å². The third kappa shape index (κ3) is 3.39. The summed E-state index contributed by atoms with van der Waals surface area (Å²) in [6.45, 7) is 3.64. The second-order valence-corrected chi connectivity index (χ2v) is 6.15. The van der Waals surface area contributed by atoms with Gasteiger partial charge in [-0.25, -0.2) is 4.68 Å². The van der Waals surface area contributed by atoms with Crippen LogP contribution in [-0.4, -0.2) is 15.6 Å². The van der Waals surface area contributed by atoms with Crippen molar-refractivity contribution in [1.29, 1.82) is 0 Å². The predicted molar refractivity (Wildman–Crippen MR) is 104 cm³/mol. The molecule has 0 unspecified atom stereocenters. The molecular formula is C20H18ClN3O2. The molecule has 3 rings (SSSR count). The first-order valence-corrected chi connectivity index (χ1v) is 8.63. The van der Waals surface area contributed by atoms with Gasteiger partial charge in [0.25, 0.3) is 5.56 Å². The van der Waals surface area contributed by atoms with E-state index in [1.54, 1.807) is 24.3 Å². The lowest BCUT2D eigenvalue weighted by Crippen LogP contribution is -2.28. The Morgan fingerprint density at radius 1 is 1.12 bits per heavy atom. The van der Waals surface area contributed by atoms with Crippen LogP contribution in [0.4, 0.5) is 11.4 Å². The number of anilines is 2. The first-order valence-electron chi connectivity index (χ1n) is 8.26. The van der Waals surface area contributed by atoms with Crippen molar-refractivity contribution in [2.75, 3.05) is 5.32 Å². The molecule has 0 saturated heterocycles. The van der Waals surface area contributed by atoms with Gasteiger partial charge in [0.1, 0.15) is 11.4 Å². The molecule has 0 aliphatic carbocycles. The minimum absolute atomic E-state index is 0.182. The zero-order valence-electron chi connectivity index (χ0n) is 14.5. The van der Waals surface area contributed by atoms with Crippen LogP contribution in [0.2, 0.25) is 5.02 Å². The minimum atomic E-state index is -0.364. The lowest BCUT2D eigenvalue weighted by Gasteiger charge is -2.16. The molecule has 0 atom stereocenters. The number of aromatic nitrogens is 2. The summed E-state index contributed by atoms with van der Waals surface area (Å²) in [5.74, 6) is -0.244. The van der Waals surface area contributed by atoms with Crippen LogP contribution in [0.3, 0.4) is 0 Å². The maximum atomic E-state index is 12.9. The maximum absolute atomic E-state index is 12.9. The Morgan fingerprint density at radius 2 is 1.77 bits per heavy atom. The Morgan fingerprint density at radius 3 is 2.38 bits per heavy atom. The van der Waals surface area contributed by atoms with E-state index in [-0.39, 0.29) is 22.6 Å². The van der Waals surface area contributed by atoms with Crippen molar-refractivity contribution in [2.45, 2.75) is 20.4 Å². The summed E-state index contributed by atoms with van der Waals surface area (Å²) in [6.07, 6.45) is 0. The molecule has 1 N–H and O–H groups in total. The third-order valence-corrected chi connectivity index (χ3v) is 4.32. The number of ketones is 1. The first kappa shape index (κ1) is 17.9. The highest BCUT2D eigenvalue weighted by Gasteiger charge is 2.22. The number of carbonyl (C=O) groups excluding carboxylic acids is 1. The monoisotopic (exact) mass is 367 g/mol. The molecule has 0 fully saturated rings. The van der Waals surface area contributed by atoms with Crippen LogP contribution in [0.25, 0.3) is 11.3 Å². The van der Waals surface area contributed by atoms with E-state index in [2.05, 4.69) is 10.4 Å². The molecule has 0 aliphatic rings. The van der Waals surface area contributed by atoms with E-state index in [1.807, 2.05) is 37.3 Å². The summed E-state index contributed by atoms with van der Waals surface area (Å²) < 4.78 is 1.34. The Hall–Kier alpha value is -2.92. The lowest BCUT2D eigenvalue weighted by molar-refractivity contribution is 0.101. The SMILES string of the molecule is CCn1nc(-c2ccccc2)c(C(C)=O)c(Nc2ccccc2Cl)c1=O. The second-order valence-electron chi connectivity index (χ2n) is 5.75. The van der Waals surface area contributed by atoms with E-state index in [4.69, 9.17) is 11.6 Å². The molecule has 1 aromatic heterocycles. The Balaban J connectivity index is 2.30. The number of halogens is 1. The molecule has 0 aliphatic heterocycles. The van der Waals surface area contributed by atoms with Crippen molar-refractivity contribution in [1.82, 2.24) is 9.78 Å². The molecule has 1 heterocycles. The quantitative estimate of drug-likeness (QED) is 0.673. The van der Waals surface area contributed by atoms with Crippen molar-refractivity contribution >= 4 is 28.8 Å². The number of carbonyl (C=O) groups is 1. The van der Waals surface area contributed by atoms with E-state index in [0.717, 1.165) is 5.56 Å². The second kappa shape index (κ2) is 7.54. The minimum Gasteiger partial charge on any atom is -0.349 e. The van der Waals surface area contributed by atoms with Crippen molar-refractivity contribution in [3.8, 4) is 11.3 Å². The van der Waals surface area contributed by atoms with Crippen molar-refractivity contribution in [2.24, 2.45) is 0 Å². The summed E-state index contributed by atoms with van der Waals surface area (Å²) in [6, 6.07) is 16.4. The average molecular weight is 368 g/mol. The van der Waals surface area contributed by atoms with Crippen LogP contribution in [0.15, 0.2) is 59.4 Å². The highest BCUT2D eigenvalue weighted by molar-refractivity contribution is 6.33. The summed E-state index contributed by atoms with van der Waals surface area (Å²) >= 11 is 6.22. The Labute approximate surface area is 156 Å². The first-order chi connectivity index (χ1) is 12.5. The van der Waals surface area contributed by atoms with Gasteiger partial charge in [-0.1, -0.05) is 54.1 Å². The molecular weight excluding hydrogens is 350 g/mol. The standard InChI is InChI=1S/C20H18ClN3O2/c1-3-24-20(26)19(22-16-12-8-7-11-15(16)21)17(13(2)25)18(23-24)14-9-5-4-6-10-14/h4-12,22H,3H2,1-2H3. The zero-order valence-corrected chi connectivity index (χ0v) is 15.2. The van der Waals surface area contributed by atoms with Gasteiger partial charge in [-0.05, 0) is 26.0 Å². The van der Waals surface area contributed by atoms with E-state index in [0.29, 0.717) is 22.9 Å². The van der Waals surface area contributed by atoms with Gasteiger partial charge in [-0.2, -0.15) is 5.10 Å². The highest BCUT2D eigenvalue weighted by atomic mass is 35.5. The predicted octanol–water partition coefficient (Wildman–Crippen LogP) is 4.53. The topological polar surface area (TPSA) is 64.0 Å². The Kier molecular flexibility index (Phi) is 5.19. The van der Waals surface area contributed by atoms with E-state index in [1.165, 1.54) is 11.6 Å². The fraction of sp³-hybridized carbons (Fsp3) is 0.150. The highest BCUT2D eigenvalue weighted by Crippen LogP contribution is 2.29. The Bertz CT molecular complexity index is 1010. The fourth-order valence-corrected chi connectivity index (χ4v) is 2.92. The number of hydrogen-bond acceptors (Lipinski definition) is 4. The van der Waals surface area contributed by atoms with E-state index < -0.39 is 0 Å². The van der Waals surface area contributed by atoms with Gasteiger partial charge >= 0.3 is 0 Å². The zero-order chi connectivity index (χ0) is 18.7. The number of aryl methyl sites for hydroxylation is 1. The lowest BCUT2D eigenvalue weighted by atomic mass is 10.0. The normalized spacial score (nSPS) is 10.6. The molecule has 6 heteroatoms. The van der Waals surface area contributed by atoms with Crippen LogP contribution in [0.5, 0.6) is 0 Å². The van der Waals surface area contributed by atoms with Gasteiger partial charge in [0, 0.05) is 12.1 Å². The maximum Gasteiger partial charge on any atom is 0.291 e. The number of hydrogen-bond donors (Lipinski definition) is 1. The van der Waals surface area contributed by atoms with E-state index in [9.17, 15) is 9.59 Å². The van der Waals surface area contributed by atoms with Gasteiger partial charge in [0.05, 0.1) is 16.3 Å². The van der Waals surface area contributed by atoms with Crippen molar-refractivity contribution in [3.05, 3.63) is 75.5 Å². The van der Waals surface area contributed by atoms with Gasteiger partial charge in [0.15, 0.2) is 5.78 Å². The molecule has 0 amide bonds.